The molecule has 4 heteroatoms. The number of hydrogen-bond donors (Lipinski definition) is 1. The highest BCUT2D eigenvalue weighted by Gasteiger charge is 2.36. The van der Waals surface area contributed by atoms with E-state index in [1.54, 1.807) is 0 Å². The van der Waals surface area contributed by atoms with Gasteiger partial charge in [-0.15, -0.1) is 0 Å². The molecule has 1 aromatic rings. The third-order valence-corrected chi connectivity index (χ3v) is 5.75. The van der Waals surface area contributed by atoms with Gasteiger partial charge >= 0.3 is 0 Å². The lowest BCUT2D eigenvalue weighted by Gasteiger charge is -2.31. The molecule has 1 N–H and O–H groups in total. The summed E-state index contributed by atoms with van der Waals surface area (Å²) in [5.41, 5.74) is 1.68. The number of rotatable bonds is 1. The lowest BCUT2D eigenvalue weighted by molar-refractivity contribution is 0.359. The maximum absolute atomic E-state index is 4.76. The average molecular weight is 372 g/mol. The normalized spacial score (nSPS) is 21.9. The van der Waals surface area contributed by atoms with E-state index in [4.69, 9.17) is 4.99 Å². The van der Waals surface area contributed by atoms with Crippen LogP contribution in [0.25, 0.3) is 0 Å². The number of anilines is 1. The average Bonchev–Trinajstić information content (AvgIpc) is 2.81. The number of benzene rings is 1. The molecule has 18 heavy (non-hydrogen) atoms. The molecule has 1 heterocycles. The lowest BCUT2D eigenvalue weighted by Crippen LogP contribution is -2.30. The number of aliphatic imine (C=N–C) groups is 1. The van der Waals surface area contributed by atoms with Crippen molar-refractivity contribution in [2.75, 3.05) is 17.6 Å². The smallest absolute Gasteiger partial charge is 0.161 e. The number of thioether (sulfide) groups is 1. The quantitative estimate of drug-likeness (QED) is 0.741. The molecule has 1 aromatic carbocycles. The topological polar surface area (TPSA) is 24.4 Å². The summed E-state index contributed by atoms with van der Waals surface area (Å²) >= 11 is 4.24. The molecule has 3 rings (SSSR count). The summed E-state index contributed by atoms with van der Waals surface area (Å²) in [7, 11) is 0. The van der Waals surface area contributed by atoms with Crippen LogP contribution >= 0.6 is 34.4 Å². The van der Waals surface area contributed by atoms with Crippen molar-refractivity contribution < 1.29 is 0 Å². The fraction of sp³-hybridized carbons (Fsp3) is 0.500. The van der Waals surface area contributed by atoms with Crippen LogP contribution in [0.1, 0.15) is 25.7 Å². The van der Waals surface area contributed by atoms with Crippen molar-refractivity contribution in [2.24, 2.45) is 10.4 Å². The fourth-order valence-corrected chi connectivity index (χ4v) is 4.46. The van der Waals surface area contributed by atoms with Gasteiger partial charge in [-0.05, 0) is 59.0 Å². The molecule has 2 nitrogen and oxygen atoms in total. The molecule has 0 radical (unpaired) electrons. The van der Waals surface area contributed by atoms with E-state index in [-0.39, 0.29) is 0 Å². The van der Waals surface area contributed by atoms with E-state index in [2.05, 4.69) is 52.2 Å². The zero-order chi connectivity index (χ0) is 12.4. The molecule has 1 fully saturated rings. The van der Waals surface area contributed by atoms with Crippen molar-refractivity contribution in [1.29, 1.82) is 0 Å². The molecular weight excluding hydrogens is 355 g/mol. The van der Waals surface area contributed by atoms with Gasteiger partial charge in [-0.3, -0.25) is 4.99 Å². The molecule has 2 aliphatic rings. The van der Waals surface area contributed by atoms with Gasteiger partial charge in [-0.1, -0.05) is 30.7 Å². The van der Waals surface area contributed by atoms with Crippen LogP contribution in [0.15, 0.2) is 29.3 Å². The Balaban J connectivity index is 1.66. The Hall–Kier alpha value is -0.230. The van der Waals surface area contributed by atoms with Gasteiger partial charge < -0.3 is 5.32 Å². The fourth-order valence-electron chi connectivity index (χ4n) is 2.75. The minimum Gasteiger partial charge on any atom is -0.335 e. The first kappa shape index (κ1) is 12.8. The summed E-state index contributed by atoms with van der Waals surface area (Å²) in [5.74, 6) is 1.24. The highest BCUT2D eigenvalue weighted by atomic mass is 127. The number of amidine groups is 1. The van der Waals surface area contributed by atoms with Crippen molar-refractivity contribution >= 4 is 45.2 Å². The standard InChI is InChI=1S/C14H17IN2S/c15-11-4-3-5-12(8-11)17-13-16-9-14(10-18-13)6-1-2-7-14/h3-5,8H,1-2,6-7,9-10H2,(H,16,17). The molecule has 0 bridgehead atoms. The summed E-state index contributed by atoms with van der Waals surface area (Å²) in [6.45, 7) is 1.02. The van der Waals surface area contributed by atoms with Crippen molar-refractivity contribution in [2.45, 2.75) is 25.7 Å². The monoisotopic (exact) mass is 372 g/mol. The van der Waals surface area contributed by atoms with Gasteiger partial charge in [0.1, 0.15) is 0 Å². The molecule has 1 aliphatic carbocycles. The van der Waals surface area contributed by atoms with Crippen LogP contribution in [0.5, 0.6) is 0 Å². The second kappa shape index (κ2) is 5.41. The summed E-state index contributed by atoms with van der Waals surface area (Å²) in [6.07, 6.45) is 5.55. The Kier molecular flexibility index (Phi) is 3.84. The van der Waals surface area contributed by atoms with Crippen LogP contribution in [0.4, 0.5) is 5.69 Å². The van der Waals surface area contributed by atoms with Crippen LogP contribution in [-0.4, -0.2) is 17.5 Å². The van der Waals surface area contributed by atoms with Crippen LogP contribution < -0.4 is 5.32 Å². The molecule has 0 atom stereocenters. The Morgan fingerprint density at radius 2 is 2.11 bits per heavy atom. The number of nitrogens with zero attached hydrogens (tertiary/aromatic N) is 1. The van der Waals surface area contributed by atoms with Gasteiger partial charge in [-0.2, -0.15) is 0 Å². The minimum absolute atomic E-state index is 0.529. The van der Waals surface area contributed by atoms with Gasteiger partial charge in [0.05, 0.1) is 0 Å². The zero-order valence-electron chi connectivity index (χ0n) is 10.3. The van der Waals surface area contributed by atoms with Crippen LogP contribution in [0.3, 0.4) is 0 Å². The molecule has 0 unspecified atom stereocenters. The van der Waals surface area contributed by atoms with Crippen molar-refractivity contribution in [3.63, 3.8) is 0 Å². The second-order valence-electron chi connectivity index (χ2n) is 5.25. The molecule has 0 saturated heterocycles. The van der Waals surface area contributed by atoms with E-state index in [1.165, 1.54) is 35.0 Å². The van der Waals surface area contributed by atoms with Crippen molar-refractivity contribution in [3.05, 3.63) is 27.8 Å². The number of nitrogens with one attached hydrogen (secondary N) is 1. The lowest BCUT2D eigenvalue weighted by atomic mass is 9.89. The van der Waals surface area contributed by atoms with E-state index in [0.29, 0.717) is 5.41 Å². The first-order chi connectivity index (χ1) is 8.76. The van der Waals surface area contributed by atoms with E-state index >= 15 is 0 Å². The first-order valence-electron chi connectivity index (χ1n) is 6.46. The molecule has 0 amide bonds. The Bertz CT molecular complexity index is 467. The van der Waals surface area contributed by atoms with Crippen LogP contribution in [0, 0.1) is 8.99 Å². The van der Waals surface area contributed by atoms with E-state index in [9.17, 15) is 0 Å². The van der Waals surface area contributed by atoms with Gasteiger partial charge in [0, 0.05) is 21.6 Å². The van der Waals surface area contributed by atoms with E-state index in [0.717, 1.165) is 17.4 Å². The molecular formula is C14H17IN2S. The summed E-state index contributed by atoms with van der Waals surface area (Å²) in [4.78, 5) is 4.76. The molecule has 96 valence electrons. The Labute approximate surface area is 126 Å². The SMILES string of the molecule is Ic1cccc(NC2=NCC3(CCCC3)CS2)c1. The van der Waals surface area contributed by atoms with E-state index in [1.807, 2.05) is 11.8 Å². The van der Waals surface area contributed by atoms with Gasteiger partial charge in [0.2, 0.25) is 0 Å². The van der Waals surface area contributed by atoms with E-state index < -0.39 is 0 Å². The Morgan fingerprint density at radius 1 is 1.28 bits per heavy atom. The third-order valence-electron chi connectivity index (χ3n) is 3.81. The van der Waals surface area contributed by atoms with Crippen LogP contribution in [-0.2, 0) is 0 Å². The predicted molar refractivity (Wildman–Crippen MR) is 88.4 cm³/mol. The predicted octanol–water partition coefficient (Wildman–Crippen LogP) is 4.37. The Morgan fingerprint density at radius 3 is 2.78 bits per heavy atom. The second-order valence-corrected chi connectivity index (χ2v) is 7.46. The summed E-state index contributed by atoms with van der Waals surface area (Å²) < 4.78 is 1.26. The molecule has 1 saturated carbocycles. The zero-order valence-corrected chi connectivity index (χ0v) is 13.3. The summed E-state index contributed by atoms with van der Waals surface area (Å²) in [5, 5.41) is 4.53. The molecule has 1 spiro atoms. The summed E-state index contributed by atoms with van der Waals surface area (Å²) in [6, 6.07) is 8.44. The number of hydrogen-bond acceptors (Lipinski definition) is 3. The largest absolute Gasteiger partial charge is 0.335 e. The molecule has 0 aromatic heterocycles. The maximum atomic E-state index is 4.76. The highest BCUT2D eigenvalue weighted by Crippen LogP contribution is 2.43. The van der Waals surface area contributed by atoms with Gasteiger partial charge in [-0.25, -0.2) is 0 Å². The van der Waals surface area contributed by atoms with Crippen molar-refractivity contribution in [3.8, 4) is 0 Å². The van der Waals surface area contributed by atoms with Crippen LogP contribution in [0.2, 0.25) is 0 Å². The molecule has 1 aliphatic heterocycles. The van der Waals surface area contributed by atoms with Crippen molar-refractivity contribution in [1.82, 2.24) is 0 Å². The number of halogens is 1. The first-order valence-corrected chi connectivity index (χ1v) is 8.52. The van der Waals surface area contributed by atoms with Gasteiger partial charge in [0.25, 0.3) is 0 Å². The maximum Gasteiger partial charge on any atom is 0.161 e. The third kappa shape index (κ3) is 2.85. The minimum atomic E-state index is 0.529. The van der Waals surface area contributed by atoms with Gasteiger partial charge in [0.15, 0.2) is 5.17 Å². The highest BCUT2D eigenvalue weighted by molar-refractivity contribution is 14.1.